The molecule has 0 fully saturated rings. The van der Waals surface area contributed by atoms with Gasteiger partial charge in [0.1, 0.15) is 5.75 Å². The number of hydrogen-bond donors (Lipinski definition) is 2. The molecule has 0 bridgehead atoms. The Morgan fingerprint density at radius 2 is 1.71 bits per heavy atom. The van der Waals surface area contributed by atoms with Crippen LogP contribution in [-0.4, -0.2) is 25.5 Å². The van der Waals surface area contributed by atoms with Gasteiger partial charge < -0.3 is 15.4 Å². The standard InChI is InChI=1S/C19H22N2O3/c1-13(2)12-20-18(22)15-5-4-6-16(11-15)21-19(23)14-7-9-17(24-3)10-8-14/h4-11,13H,12H2,1-3H3,(H,20,22)(H,21,23). The van der Waals surface area contributed by atoms with E-state index in [1.165, 1.54) is 0 Å². The summed E-state index contributed by atoms with van der Waals surface area (Å²) in [6, 6.07) is 13.7. The van der Waals surface area contributed by atoms with E-state index < -0.39 is 0 Å². The van der Waals surface area contributed by atoms with Crippen molar-refractivity contribution in [3.05, 3.63) is 59.7 Å². The van der Waals surface area contributed by atoms with Gasteiger partial charge in [-0.2, -0.15) is 0 Å². The number of methoxy groups -OCH3 is 1. The van der Waals surface area contributed by atoms with Crippen LogP contribution in [0.5, 0.6) is 5.75 Å². The summed E-state index contributed by atoms with van der Waals surface area (Å²) in [7, 11) is 1.57. The van der Waals surface area contributed by atoms with E-state index in [2.05, 4.69) is 10.6 Å². The van der Waals surface area contributed by atoms with E-state index in [0.29, 0.717) is 35.0 Å². The molecule has 5 nitrogen and oxygen atoms in total. The Kier molecular flexibility index (Phi) is 5.95. The Labute approximate surface area is 142 Å². The number of rotatable bonds is 6. The highest BCUT2D eigenvalue weighted by molar-refractivity contribution is 6.05. The number of carbonyl (C=O) groups is 2. The summed E-state index contributed by atoms with van der Waals surface area (Å²) >= 11 is 0. The maximum Gasteiger partial charge on any atom is 0.255 e. The fourth-order valence-electron chi connectivity index (χ4n) is 2.08. The zero-order valence-corrected chi connectivity index (χ0v) is 14.1. The molecule has 5 heteroatoms. The Hall–Kier alpha value is -2.82. The molecular formula is C19H22N2O3. The SMILES string of the molecule is COc1ccc(C(=O)Nc2cccc(C(=O)NCC(C)C)c2)cc1. The van der Waals surface area contributed by atoms with Crippen LogP contribution < -0.4 is 15.4 Å². The number of benzene rings is 2. The van der Waals surface area contributed by atoms with Crippen molar-refractivity contribution in [3.63, 3.8) is 0 Å². The summed E-state index contributed by atoms with van der Waals surface area (Å²) in [5.41, 5.74) is 1.61. The minimum Gasteiger partial charge on any atom is -0.497 e. The highest BCUT2D eigenvalue weighted by atomic mass is 16.5. The average molecular weight is 326 g/mol. The maximum absolute atomic E-state index is 12.3. The molecule has 0 spiro atoms. The first kappa shape index (κ1) is 17.5. The third kappa shape index (κ3) is 4.84. The van der Waals surface area contributed by atoms with Crippen molar-refractivity contribution >= 4 is 17.5 Å². The van der Waals surface area contributed by atoms with Gasteiger partial charge in [0.15, 0.2) is 0 Å². The molecule has 0 aliphatic heterocycles. The van der Waals surface area contributed by atoms with Crippen LogP contribution in [0.25, 0.3) is 0 Å². The van der Waals surface area contributed by atoms with Crippen molar-refractivity contribution < 1.29 is 14.3 Å². The Bertz CT molecular complexity index is 709. The molecule has 2 rings (SSSR count). The number of carbonyl (C=O) groups excluding carboxylic acids is 2. The Morgan fingerprint density at radius 3 is 2.33 bits per heavy atom. The van der Waals surface area contributed by atoms with Crippen molar-refractivity contribution in [2.45, 2.75) is 13.8 Å². The largest absolute Gasteiger partial charge is 0.497 e. The number of anilines is 1. The molecule has 2 amide bonds. The van der Waals surface area contributed by atoms with Gasteiger partial charge in [-0.25, -0.2) is 0 Å². The second kappa shape index (κ2) is 8.15. The summed E-state index contributed by atoms with van der Waals surface area (Å²) in [6.45, 7) is 4.68. The lowest BCUT2D eigenvalue weighted by atomic mass is 10.1. The van der Waals surface area contributed by atoms with Gasteiger partial charge in [-0.15, -0.1) is 0 Å². The quantitative estimate of drug-likeness (QED) is 0.855. The summed E-state index contributed by atoms with van der Waals surface area (Å²) in [4.78, 5) is 24.3. The third-order valence-corrected chi connectivity index (χ3v) is 3.41. The van der Waals surface area contributed by atoms with Crippen molar-refractivity contribution in [2.24, 2.45) is 5.92 Å². The molecule has 0 aliphatic rings. The van der Waals surface area contributed by atoms with Gasteiger partial charge in [-0.3, -0.25) is 9.59 Å². The smallest absolute Gasteiger partial charge is 0.255 e. The van der Waals surface area contributed by atoms with Crippen LogP contribution >= 0.6 is 0 Å². The first-order chi connectivity index (χ1) is 11.5. The zero-order chi connectivity index (χ0) is 17.5. The van der Waals surface area contributed by atoms with Gasteiger partial charge in [-0.1, -0.05) is 19.9 Å². The van der Waals surface area contributed by atoms with E-state index in [1.807, 2.05) is 13.8 Å². The monoisotopic (exact) mass is 326 g/mol. The van der Waals surface area contributed by atoms with Gasteiger partial charge in [0.25, 0.3) is 11.8 Å². The fourth-order valence-corrected chi connectivity index (χ4v) is 2.08. The lowest BCUT2D eigenvalue weighted by Gasteiger charge is -2.10. The van der Waals surface area contributed by atoms with Crippen LogP contribution in [0.1, 0.15) is 34.6 Å². The fraction of sp³-hybridized carbons (Fsp3) is 0.263. The minimum atomic E-state index is -0.239. The molecule has 0 atom stereocenters. The Balaban J connectivity index is 2.05. The number of hydrogen-bond acceptors (Lipinski definition) is 3. The highest BCUT2D eigenvalue weighted by Gasteiger charge is 2.09. The second-order valence-electron chi connectivity index (χ2n) is 5.87. The molecule has 2 N–H and O–H groups in total. The van der Waals surface area contributed by atoms with E-state index in [9.17, 15) is 9.59 Å². The summed E-state index contributed by atoms with van der Waals surface area (Å²) in [6.07, 6.45) is 0. The highest BCUT2D eigenvalue weighted by Crippen LogP contribution is 2.15. The normalized spacial score (nSPS) is 10.3. The zero-order valence-electron chi connectivity index (χ0n) is 14.1. The predicted octanol–water partition coefficient (Wildman–Crippen LogP) is 3.33. The number of amides is 2. The molecule has 24 heavy (non-hydrogen) atoms. The van der Waals surface area contributed by atoms with E-state index in [4.69, 9.17) is 4.74 Å². The molecule has 0 heterocycles. The molecule has 0 aliphatic carbocycles. The molecule has 126 valence electrons. The summed E-state index contributed by atoms with van der Waals surface area (Å²) in [5, 5.41) is 5.65. The molecular weight excluding hydrogens is 304 g/mol. The summed E-state index contributed by atoms with van der Waals surface area (Å²) in [5.74, 6) is 0.684. The van der Waals surface area contributed by atoms with Crippen molar-refractivity contribution in [2.75, 3.05) is 19.0 Å². The topological polar surface area (TPSA) is 67.4 Å². The molecule has 0 saturated heterocycles. The van der Waals surface area contributed by atoms with Crippen LogP contribution in [0.15, 0.2) is 48.5 Å². The first-order valence-electron chi connectivity index (χ1n) is 7.83. The van der Waals surface area contributed by atoms with Crippen LogP contribution in [0.3, 0.4) is 0 Å². The van der Waals surface area contributed by atoms with Gasteiger partial charge in [0, 0.05) is 23.4 Å². The second-order valence-corrected chi connectivity index (χ2v) is 5.87. The maximum atomic E-state index is 12.3. The van der Waals surface area contributed by atoms with Gasteiger partial charge in [0.05, 0.1) is 7.11 Å². The minimum absolute atomic E-state index is 0.149. The van der Waals surface area contributed by atoms with Crippen molar-refractivity contribution in [3.8, 4) is 5.75 Å². The molecule has 0 aromatic heterocycles. The van der Waals surface area contributed by atoms with Gasteiger partial charge in [-0.05, 0) is 48.4 Å². The lowest BCUT2D eigenvalue weighted by Crippen LogP contribution is -2.27. The molecule has 2 aromatic carbocycles. The Morgan fingerprint density at radius 1 is 1.00 bits per heavy atom. The average Bonchev–Trinajstić information content (AvgIpc) is 2.59. The van der Waals surface area contributed by atoms with Crippen LogP contribution in [0, 0.1) is 5.92 Å². The van der Waals surface area contributed by atoms with Crippen LogP contribution in [0.2, 0.25) is 0 Å². The molecule has 0 unspecified atom stereocenters. The number of ether oxygens (including phenoxy) is 1. The van der Waals surface area contributed by atoms with Crippen molar-refractivity contribution in [1.29, 1.82) is 0 Å². The van der Waals surface area contributed by atoms with Crippen LogP contribution in [-0.2, 0) is 0 Å². The van der Waals surface area contributed by atoms with Gasteiger partial charge in [0.2, 0.25) is 0 Å². The van der Waals surface area contributed by atoms with Crippen LogP contribution in [0.4, 0.5) is 5.69 Å². The summed E-state index contributed by atoms with van der Waals surface area (Å²) < 4.78 is 5.07. The van der Waals surface area contributed by atoms with E-state index >= 15 is 0 Å². The number of nitrogens with one attached hydrogen (secondary N) is 2. The van der Waals surface area contributed by atoms with E-state index in [0.717, 1.165) is 0 Å². The third-order valence-electron chi connectivity index (χ3n) is 3.41. The van der Waals surface area contributed by atoms with Crippen molar-refractivity contribution in [1.82, 2.24) is 5.32 Å². The molecule has 0 radical (unpaired) electrons. The van der Waals surface area contributed by atoms with E-state index in [-0.39, 0.29) is 11.8 Å². The molecule has 2 aromatic rings. The first-order valence-corrected chi connectivity index (χ1v) is 7.83. The molecule has 0 saturated carbocycles. The lowest BCUT2D eigenvalue weighted by molar-refractivity contribution is 0.0947. The van der Waals surface area contributed by atoms with E-state index in [1.54, 1.807) is 55.6 Å². The predicted molar refractivity (Wildman–Crippen MR) is 94.6 cm³/mol. The van der Waals surface area contributed by atoms with Gasteiger partial charge >= 0.3 is 0 Å².